The number of aryl methyl sites for hydroxylation is 1. The lowest BCUT2D eigenvalue weighted by Gasteiger charge is -2.08. The molecule has 0 atom stereocenters. The van der Waals surface area contributed by atoms with E-state index in [1.54, 1.807) is 7.11 Å². The third-order valence-electron chi connectivity index (χ3n) is 1.79. The van der Waals surface area contributed by atoms with Crippen molar-refractivity contribution in [1.82, 2.24) is 0 Å². The van der Waals surface area contributed by atoms with Crippen molar-refractivity contribution in [3.63, 3.8) is 0 Å². The number of methoxy groups -OCH3 is 1. The Labute approximate surface area is 90.9 Å². The van der Waals surface area contributed by atoms with Crippen molar-refractivity contribution >= 4 is 22.0 Å². The largest absolute Gasteiger partial charge is 0.496 e. The van der Waals surface area contributed by atoms with Crippen LogP contribution in [0, 0.1) is 6.92 Å². The van der Waals surface area contributed by atoms with E-state index >= 15 is 0 Å². The van der Waals surface area contributed by atoms with Crippen LogP contribution in [0.15, 0.2) is 21.6 Å². The first-order chi connectivity index (χ1) is 6.69. The summed E-state index contributed by atoms with van der Waals surface area (Å²) in [6.45, 7) is 2.28. The van der Waals surface area contributed by atoms with Crippen LogP contribution in [-0.4, -0.2) is 13.2 Å². The molecule has 14 heavy (non-hydrogen) atoms. The van der Waals surface area contributed by atoms with Gasteiger partial charge < -0.3 is 4.74 Å². The molecule has 0 bridgehead atoms. The minimum absolute atomic E-state index is 0.322. The third-order valence-corrected chi connectivity index (χ3v) is 2.69. The summed E-state index contributed by atoms with van der Waals surface area (Å²) < 4.78 is 6.00. The van der Waals surface area contributed by atoms with Gasteiger partial charge in [-0.05, 0) is 40.0 Å². The highest BCUT2D eigenvalue weighted by Gasteiger charge is 2.06. The summed E-state index contributed by atoms with van der Waals surface area (Å²) in [5.74, 6) is 0.751. The zero-order chi connectivity index (χ0) is 10.6. The highest BCUT2D eigenvalue weighted by Crippen LogP contribution is 2.30. The zero-order valence-corrected chi connectivity index (χ0v) is 9.59. The van der Waals surface area contributed by atoms with E-state index in [9.17, 15) is 4.79 Å². The lowest BCUT2D eigenvalue weighted by atomic mass is 10.1. The van der Waals surface area contributed by atoms with Crippen LogP contribution in [-0.2, 0) is 11.3 Å². The molecule has 0 saturated carbocycles. The fraction of sp³-hybridized carbons (Fsp3) is 0.300. The molecule has 1 aromatic carbocycles. The van der Waals surface area contributed by atoms with E-state index in [4.69, 9.17) is 4.74 Å². The first-order valence-electron chi connectivity index (χ1n) is 4.05. The summed E-state index contributed by atoms with van der Waals surface area (Å²) in [4.78, 5) is 13.5. The van der Waals surface area contributed by atoms with Crippen LogP contribution in [0.5, 0.6) is 5.75 Å². The van der Waals surface area contributed by atoms with Crippen molar-refractivity contribution in [1.29, 1.82) is 0 Å². The predicted molar refractivity (Wildman–Crippen MR) is 57.3 cm³/mol. The molecule has 0 radical (unpaired) electrons. The number of hydrogen-bond acceptors (Lipinski definition) is 3. The monoisotopic (exact) mass is 255 g/mol. The normalized spacial score (nSPS) is 9.36. The molecule has 74 valence electrons. The number of ether oxygens (including phenoxy) is 1. The maximum Gasteiger partial charge on any atom is 0.235 e. The number of benzene rings is 1. The molecule has 1 rings (SSSR count). The second kappa shape index (κ2) is 4.94. The smallest absolute Gasteiger partial charge is 0.235 e. The Morgan fingerprint density at radius 3 is 2.86 bits per heavy atom. The fourth-order valence-electron chi connectivity index (χ4n) is 1.19. The quantitative estimate of drug-likeness (QED) is 0.615. The van der Waals surface area contributed by atoms with Gasteiger partial charge in [0.1, 0.15) is 5.75 Å². The number of nitrogens with zero attached hydrogens (tertiary/aromatic N) is 1. The summed E-state index contributed by atoms with van der Waals surface area (Å²) in [6, 6.07) is 3.87. The Morgan fingerprint density at radius 1 is 1.57 bits per heavy atom. The number of hydrogen-bond donors (Lipinski definition) is 0. The molecular formula is C10H10BrNO2. The van der Waals surface area contributed by atoms with Crippen molar-refractivity contribution in [2.75, 3.05) is 7.11 Å². The van der Waals surface area contributed by atoms with E-state index in [2.05, 4.69) is 20.9 Å². The first kappa shape index (κ1) is 11.0. The summed E-state index contributed by atoms with van der Waals surface area (Å²) in [7, 11) is 1.60. The Kier molecular flexibility index (Phi) is 3.86. The lowest BCUT2D eigenvalue weighted by molar-refractivity contribution is 0.411. The van der Waals surface area contributed by atoms with Gasteiger partial charge in [0.25, 0.3) is 0 Å². The second-order valence-corrected chi connectivity index (χ2v) is 3.64. The van der Waals surface area contributed by atoms with Crippen LogP contribution in [0.1, 0.15) is 11.1 Å². The topological polar surface area (TPSA) is 38.7 Å². The van der Waals surface area contributed by atoms with Gasteiger partial charge in [-0.2, -0.15) is 0 Å². The van der Waals surface area contributed by atoms with Gasteiger partial charge in [0.15, 0.2) is 0 Å². The average Bonchev–Trinajstić information content (AvgIpc) is 2.18. The van der Waals surface area contributed by atoms with Gasteiger partial charge in [0.05, 0.1) is 18.1 Å². The SMILES string of the molecule is COc1cc(C)cc(CN=C=O)c1Br. The standard InChI is InChI=1S/C10H10BrNO2/c1-7-3-8(5-12-6-13)10(11)9(4-7)14-2/h3-4H,5H2,1-2H3. The molecule has 0 aliphatic rings. The van der Waals surface area contributed by atoms with Crippen molar-refractivity contribution in [2.45, 2.75) is 13.5 Å². The molecule has 3 nitrogen and oxygen atoms in total. The number of halogens is 1. The van der Waals surface area contributed by atoms with E-state index in [1.807, 2.05) is 19.1 Å². The Bertz CT molecular complexity index is 384. The second-order valence-electron chi connectivity index (χ2n) is 2.85. The Balaban J connectivity index is 3.14. The van der Waals surface area contributed by atoms with E-state index in [0.29, 0.717) is 6.54 Å². The van der Waals surface area contributed by atoms with Gasteiger partial charge in [-0.1, -0.05) is 6.07 Å². The molecule has 0 unspecified atom stereocenters. The molecule has 0 amide bonds. The van der Waals surface area contributed by atoms with Gasteiger partial charge in [-0.15, -0.1) is 0 Å². The fourth-order valence-corrected chi connectivity index (χ4v) is 1.71. The maximum atomic E-state index is 9.99. The average molecular weight is 256 g/mol. The first-order valence-corrected chi connectivity index (χ1v) is 4.85. The lowest BCUT2D eigenvalue weighted by Crippen LogP contribution is -1.91. The molecular weight excluding hydrogens is 246 g/mol. The number of rotatable bonds is 3. The van der Waals surface area contributed by atoms with Crippen LogP contribution in [0.2, 0.25) is 0 Å². The molecule has 0 aliphatic heterocycles. The van der Waals surface area contributed by atoms with Crippen LogP contribution in [0.25, 0.3) is 0 Å². The number of isocyanates is 1. The van der Waals surface area contributed by atoms with E-state index < -0.39 is 0 Å². The maximum absolute atomic E-state index is 9.99. The third kappa shape index (κ3) is 2.44. The van der Waals surface area contributed by atoms with Crippen molar-refractivity contribution in [3.8, 4) is 5.75 Å². The molecule has 0 heterocycles. The summed E-state index contributed by atoms with van der Waals surface area (Å²) in [5.41, 5.74) is 1.99. The summed E-state index contributed by atoms with van der Waals surface area (Å²) in [6.07, 6.45) is 1.51. The van der Waals surface area contributed by atoms with Crippen LogP contribution < -0.4 is 4.74 Å². The number of carbonyl (C=O) groups excluding carboxylic acids is 1. The predicted octanol–water partition coefficient (Wildman–Crippen LogP) is 2.60. The molecule has 0 aromatic heterocycles. The van der Waals surface area contributed by atoms with Gasteiger partial charge >= 0.3 is 0 Å². The van der Waals surface area contributed by atoms with Crippen LogP contribution in [0.3, 0.4) is 0 Å². The van der Waals surface area contributed by atoms with Gasteiger partial charge in [0, 0.05) is 0 Å². The zero-order valence-electron chi connectivity index (χ0n) is 8.00. The molecule has 0 spiro atoms. The summed E-state index contributed by atoms with van der Waals surface area (Å²) >= 11 is 3.39. The highest BCUT2D eigenvalue weighted by atomic mass is 79.9. The van der Waals surface area contributed by atoms with E-state index in [-0.39, 0.29) is 0 Å². The Morgan fingerprint density at radius 2 is 2.29 bits per heavy atom. The van der Waals surface area contributed by atoms with E-state index in [0.717, 1.165) is 21.3 Å². The molecule has 0 N–H and O–H groups in total. The molecule has 1 aromatic rings. The van der Waals surface area contributed by atoms with Crippen molar-refractivity contribution in [3.05, 3.63) is 27.7 Å². The van der Waals surface area contributed by atoms with E-state index in [1.165, 1.54) is 6.08 Å². The number of aliphatic imine (C=N–C) groups is 1. The summed E-state index contributed by atoms with van der Waals surface area (Å²) in [5, 5.41) is 0. The van der Waals surface area contributed by atoms with Gasteiger partial charge in [-0.3, -0.25) is 0 Å². The van der Waals surface area contributed by atoms with Crippen LogP contribution in [0.4, 0.5) is 0 Å². The molecule has 4 heteroatoms. The molecule has 0 fully saturated rings. The highest BCUT2D eigenvalue weighted by molar-refractivity contribution is 9.10. The van der Waals surface area contributed by atoms with Crippen molar-refractivity contribution < 1.29 is 9.53 Å². The Hall–Kier alpha value is -1.12. The molecule has 0 aliphatic carbocycles. The van der Waals surface area contributed by atoms with Crippen LogP contribution >= 0.6 is 15.9 Å². The van der Waals surface area contributed by atoms with Crippen molar-refractivity contribution in [2.24, 2.45) is 4.99 Å². The minimum Gasteiger partial charge on any atom is -0.496 e. The molecule has 0 saturated heterocycles. The van der Waals surface area contributed by atoms with Gasteiger partial charge in [-0.25, -0.2) is 9.79 Å². The minimum atomic E-state index is 0.322. The van der Waals surface area contributed by atoms with Gasteiger partial charge in [0.2, 0.25) is 6.08 Å².